The van der Waals surface area contributed by atoms with Gasteiger partial charge in [-0.3, -0.25) is 0 Å². The highest BCUT2D eigenvalue weighted by Gasteiger charge is 2.38. The Balaban J connectivity index is 5.04. The molecular weight excluding hydrogens is 172 g/mol. The van der Waals surface area contributed by atoms with Crippen molar-refractivity contribution in [3.05, 3.63) is 0 Å². The van der Waals surface area contributed by atoms with E-state index >= 15 is 0 Å². The van der Waals surface area contributed by atoms with E-state index in [4.69, 9.17) is 0 Å². The van der Waals surface area contributed by atoms with Gasteiger partial charge in [-0.2, -0.15) is 0 Å². The summed E-state index contributed by atoms with van der Waals surface area (Å²) >= 11 is 0. The molecule has 0 aromatic carbocycles. The molecule has 0 aliphatic rings. The van der Waals surface area contributed by atoms with Gasteiger partial charge in [0.1, 0.15) is 0 Å². The van der Waals surface area contributed by atoms with Gasteiger partial charge < -0.3 is 0 Å². The van der Waals surface area contributed by atoms with E-state index in [1.54, 1.807) is 27.7 Å². The molecule has 0 aliphatic heterocycles. The summed E-state index contributed by atoms with van der Waals surface area (Å²) < 4.78 is 23.0. The summed E-state index contributed by atoms with van der Waals surface area (Å²) in [5, 5.41) is -0.283. The predicted octanol–water partition coefficient (Wildman–Crippen LogP) is 2.24. The van der Waals surface area contributed by atoms with Crippen LogP contribution in [0.3, 0.4) is 0 Å². The zero-order chi connectivity index (χ0) is 10.2. The van der Waals surface area contributed by atoms with Gasteiger partial charge in [0.2, 0.25) is 0 Å². The second kappa shape index (κ2) is 3.36. The van der Waals surface area contributed by atoms with Crippen LogP contribution >= 0.6 is 0 Å². The molecular formula is C9H20O2S. The molecule has 0 bridgehead atoms. The van der Waals surface area contributed by atoms with Crippen molar-refractivity contribution < 1.29 is 8.42 Å². The van der Waals surface area contributed by atoms with Crippen molar-refractivity contribution >= 4 is 9.84 Å². The van der Waals surface area contributed by atoms with Gasteiger partial charge in [-0.25, -0.2) is 8.42 Å². The minimum Gasteiger partial charge on any atom is -0.228 e. The standard InChI is InChI=1S/C9H20O2S/c1-7(2)9(5,6)12(10,11)8(3)4/h7-8H,1-6H3. The van der Waals surface area contributed by atoms with Crippen LogP contribution in [0.25, 0.3) is 0 Å². The molecule has 12 heavy (non-hydrogen) atoms. The minimum atomic E-state index is -2.98. The Morgan fingerprint density at radius 2 is 1.33 bits per heavy atom. The van der Waals surface area contributed by atoms with E-state index in [1.165, 1.54) is 0 Å². The number of sulfone groups is 1. The molecule has 0 saturated heterocycles. The Bertz CT molecular complexity index is 235. The lowest BCUT2D eigenvalue weighted by molar-refractivity contribution is 0.449. The van der Waals surface area contributed by atoms with Gasteiger partial charge in [0.05, 0.1) is 10.00 Å². The number of rotatable bonds is 3. The quantitative estimate of drug-likeness (QED) is 0.687. The van der Waals surface area contributed by atoms with Gasteiger partial charge >= 0.3 is 0 Å². The minimum absolute atomic E-state index is 0.157. The molecule has 2 nitrogen and oxygen atoms in total. The summed E-state index contributed by atoms with van der Waals surface area (Å²) in [6.45, 7) is 11.0. The van der Waals surface area contributed by atoms with Crippen LogP contribution in [-0.4, -0.2) is 18.4 Å². The summed E-state index contributed by atoms with van der Waals surface area (Å²) in [5.74, 6) is 0.157. The summed E-state index contributed by atoms with van der Waals surface area (Å²) in [7, 11) is -2.98. The fourth-order valence-electron chi connectivity index (χ4n) is 0.936. The topological polar surface area (TPSA) is 34.1 Å². The largest absolute Gasteiger partial charge is 0.228 e. The molecule has 0 aliphatic carbocycles. The van der Waals surface area contributed by atoms with E-state index in [0.29, 0.717) is 0 Å². The summed E-state index contributed by atoms with van der Waals surface area (Å²) in [6.07, 6.45) is 0. The van der Waals surface area contributed by atoms with Gasteiger partial charge in [-0.05, 0) is 33.6 Å². The molecule has 74 valence electrons. The van der Waals surface area contributed by atoms with Gasteiger partial charge in [-0.15, -0.1) is 0 Å². The van der Waals surface area contributed by atoms with E-state index in [-0.39, 0.29) is 11.2 Å². The highest BCUT2D eigenvalue weighted by Crippen LogP contribution is 2.28. The highest BCUT2D eigenvalue weighted by atomic mass is 32.2. The second-order valence-corrected chi connectivity index (χ2v) is 7.44. The molecule has 0 unspecified atom stereocenters. The van der Waals surface area contributed by atoms with Crippen molar-refractivity contribution in [3.8, 4) is 0 Å². The van der Waals surface area contributed by atoms with E-state index in [0.717, 1.165) is 0 Å². The lowest BCUT2D eigenvalue weighted by Gasteiger charge is -2.30. The third-order valence-electron chi connectivity index (χ3n) is 2.74. The second-order valence-electron chi connectivity index (χ2n) is 4.35. The third kappa shape index (κ3) is 1.82. The average Bonchev–Trinajstić information content (AvgIpc) is 1.86. The normalized spacial score (nSPS) is 14.3. The van der Waals surface area contributed by atoms with Crippen molar-refractivity contribution in [2.24, 2.45) is 5.92 Å². The molecule has 0 radical (unpaired) electrons. The van der Waals surface area contributed by atoms with Gasteiger partial charge in [0, 0.05) is 0 Å². The van der Waals surface area contributed by atoms with Crippen molar-refractivity contribution in [1.82, 2.24) is 0 Å². The van der Waals surface area contributed by atoms with Crippen LogP contribution < -0.4 is 0 Å². The molecule has 0 spiro atoms. The zero-order valence-corrected chi connectivity index (χ0v) is 9.70. The average molecular weight is 192 g/mol. The van der Waals surface area contributed by atoms with E-state index in [2.05, 4.69) is 0 Å². The van der Waals surface area contributed by atoms with Crippen LogP contribution in [0.2, 0.25) is 0 Å². The van der Waals surface area contributed by atoms with Gasteiger partial charge in [0.15, 0.2) is 9.84 Å². The van der Waals surface area contributed by atoms with E-state index in [1.807, 2.05) is 13.8 Å². The smallest absolute Gasteiger partial charge is 0.158 e. The molecule has 0 N–H and O–H groups in total. The molecule has 3 heteroatoms. The first-order chi connectivity index (χ1) is 5.14. The summed E-state index contributed by atoms with van der Waals surface area (Å²) in [6, 6.07) is 0. The monoisotopic (exact) mass is 192 g/mol. The summed E-state index contributed by atoms with van der Waals surface area (Å²) in [5.41, 5.74) is 0. The summed E-state index contributed by atoms with van der Waals surface area (Å²) in [4.78, 5) is 0. The molecule has 0 aromatic heterocycles. The fraction of sp³-hybridized carbons (Fsp3) is 1.00. The Labute approximate surface area is 76.3 Å². The van der Waals surface area contributed by atoms with Crippen LogP contribution in [0.15, 0.2) is 0 Å². The zero-order valence-electron chi connectivity index (χ0n) is 8.88. The maximum atomic E-state index is 11.8. The van der Waals surface area contributed by atoms with Crippen LogP contribution in [0, 0.1) is 5.92 Å². The lowest BCUT2D eigenvalue weighted by atomic mass is 10.00. The first-order valence-electron chi connectivity index (χ1n) is 4.37. The predicted molar refractivity (Wildman–Crippen MR) is 53.0 cm³/mol. The molecule has 0 heterocycles. The number of hydrogen-bond donors (Lipinski definition) is 0. The highest BCUT2D eigenvalue weighted by molar-refractivity contribution is 7.93. The molecule has 0 aromatic rings. The maximum absolute atomic E-state index is 11.8. The van der Waals surface area contributed by atoms with Crippen molar-refractivity contribution in [1.29, 1.82) is 0 Å². The van der Waals surface area contributed by atoms with Gasteiger partial charge in [0.25, 0.3) is 0 Å². The molecule has 0 amide bonds. The molecule has 0 saturated carbocycles. The Morgan fingerprint density at radius 1 is 1.00 bits per heavy atom. The van der Waals surface area contributed by atoms with Crippen LogP contribution in [-0.2, 0) is 9.84 Å². The lowest BCUT2D eigenvalue weighted by Crippen LogP contribution is -2.41. The number of hydrogen-bond acceptors (Lipinski definition) is 2. The SMILES string of the molecule is CC(C)C(C)(C)S(=O)(=O)C(C)C. The van der Waals surface area contributed by atoms with E-state index < -0.39 is 14.6 Å². The first-order valence-corrected chi connectivity index (χ1v) is 5.92. The van der Waals surface area contributed by atoms with Crippen molar-refractivity contribution in [2.45, 2.75) is 51.5 Å². The molecule has 0 atom stereocenters. The van der Waals surface area contributed by atoms with Crippen LogP contribution in [0.5, 0.6) is 0 Å². The van der Waals surface area contributed by atoms with Gasteiger partial charge in [-0.1, -0.05) is 13.8 Å². The third-order valence-corrected chi connectivity index (χ3v) is 5.92. The molecule has 0 rings (SSSR count). The fourth-order valence-corrected chi connectivity index (χ4v) is 2.81. The Morgan fingerprint density at radius 3 is 1.42 bits per heavy atom. The van der Waals surface area contributed by atoms with Crippen LogP contribution in [0.1, 0.15) is 41.5 Å². The Kier molecular flexibility index (Phi) is 3.35. The van der Waals surface area contributed by atoms with Crippen LogP contribution in [0.4, 0.5) is 0 Å². The first kappa shape index (κ1) is 11.9. The van der Waals surface area contributed by atoms with Crippen molar-refractivity contribution in [3.63, 3.8) is 0 Å². The molecule has 0 fully saturated rings. The maximum Gasteiger partial charge on any atom is 0.158 e. The van der Waals surface area contributed by atoms with Crippen molar-refractivity contribution in [2.75, 3.05) is 0 Å². The Hall–Kier alpha value is -0.0500. The van der Waals surface area contributed by atoms with E-state index in [9.17, 15) is 8.42 Å².